The number of ketones is 1. The van der Waals surface area contributed by atoms with E-state index in [1.165, 1.54) is 5.57 Å². The Labute approximate surface area is 79.0 Å². The number of aliphatic hydroxyl groups excluding tert-OH is 1. The van der Waals surface area contributed by atoms with Crippen LogP contribution < -0.4 is 0 Å². The van der Waals surface area contributed by atoms with Crippen molar-refractivity contribution < 1.29 is 9.90 Å². The maximum Gasteiger partial charge on any atom is 0.159 e. The topological polar surface area (TPSA) is 37.3 Å². The van der Waals surface area contributed by atoms with Gasteiger partial charge in [0.1, 0.15) is 0 Å². The molecule has 1 N–H and O–H groups in total. The summed E-state index contributed by atoms with van der Waals surface area (Å²) in [5.41, 5.74) is 1.97. The van der Waals surface area contributed by atoms with Crippen molar-refractivity contribution in [3.8, 4) is 0 Å². The lowest BCUT2D eigenvalue weighted by molar-refractivity contribution is -0.116. The highest BCUT2D eigenvalue weighted by atomic mass is 16.3. The molecule has 0 radical (unpaired) electrons. The minimum absolute atomic E-state index is 0.183. The highest BCUT2D eigenvalue weighted by Crippen LogP contribution is 2.18. The summed E-state index contributed by atoms with van der Waals surface area (Å²) < 4.78 is 0. The third-order valence-electron chi connectivity index (χ3n) is 2.15. The van der Waals surface area contributed by atoms with Crippen LogP contribution in [0.3, 0.4) is 0 Å². The predicted octanol–water partition coefficient (Wildman–Crippen LogP) is 1.99. The molecule has 0 saturated heterocycles. The fourth-order valence-electron chi connectivity index (χ4n) is 1.34. The zero-order valence-corrected chi connectivity index (χ0v) is 8.21. The van der Waals surface area contributed by atoms with Crippen LogP contribution in [0.4, 0.5) is 0 Å². The van der Waals surface area contributed by atoms with Gasteiger partial charge >= 0.3 is 0 Å². The summed E-state index contributed by atoms with van der Waals surface area (Å²) in [7, 11) is 0. The molecule has 1 unspecified atom stereocenters. The van der Waals surface area contributed by atoms with E-state index >= 15 is 0 Å². The summed E-state index contributed by atoms with van der Waals surface area (Å²) in [6.07, 6.45) is 5.02. The summed E-state index contributed by atoms with van der Waals surface area (Å²) >= 11 is 0. The van der Waals surface area contributed by atoms with E-state index < -0.39 is 6.10 Å². The van der Waals surface area contributed by atoms with Gasteiger partial charge in [0.2, 0.25) is 0 Å². The number of aliphatic hydroxyl groups is 1. The summed E-state index contributed by atoms with van der Waals surface area (Å²) in [5.74, 6) is 0.183. The third kappa shape index (κ3) is 3.15. The van der Waals surface area contributed by atoms with Crippen LogP contribution in [0.5, 0.6) is 0 Å². The first-order valence-electron chi connectivity index (χ1n) is 4.65. The van der Waals surface area contributed by atoms with Crippen molar-refractivity contribution in [2.45, 2.75) is 39.2 Å². The molecule has 0 saturated carbocycles. The molecule has 0 aromatic rings. The maximum atomic E-state index is 11.3. The van der Waals surface area contributed by atoms with E-state index in [0.717, 1.165) is 5.57 Å². The molecule has 0 amide bonds. The van der Waals surface area contributed by atoms with Crippen molar-refractivity contribution in [2.24, 2.45) is 0 Å². The molecule has 1 aliphatic rings. The second kappa shape index (κ2) is 4.38. The zero-order chi connectivity index (χ0) is 9.84. The van der Waals surface area contributed by atoms with Gasteiger partial charge in [-0.15, -0.1) is 0 Å². The fourth-order valence-corrected chi connectivity index (χ4v) is 1.34. The van der Waals surface area contributed by atoms with E-state index in [1.807, 2.05) is 19.9 Å². The first-order valence-corrected chi connectivity index (χ1v) is 4.65. The standard InChI is InChI=1S/C11H16O2/c1-8(2)3-4-9-7-10(12)5-6-11(9)13/h3,7,10,12H,4-6H2,1-2H3. The minimum Gasteiger partial charge on any atom is -0.389 e. The van der Waals surface area contributed by atoms with Gasteiger partial charge in [0, 0.05) is 6.42 Å². The Hall–Kier alpha value is -0.890. The van der Waals surface area contributed by atoms with Gasteiger partial charge in [-0.05, 0) is 38.3 Å². The molecule has 0 heterocycles. The van der Waals surface area contributed by atoms with E-state index in [0.29, 0.717) is 19.3 Å². The first-order chi connectivity index (χ1) is 6.09. The molecular formula is C11H16O2. The van der Waals surface area contributed by atoms with Gasteiger partial charge < -0.3 is 5.11 Å². The van der Waals surface area contributed by atoms with E-state index in [4.69, 9.17) is 0 Å². The molecule has 0 aromatic carbocycles. The molecule has 0 aromatic heterocycles. The minimum atomic E-state index is -0.418. The molecule has 0 fully saturated rings. The summed E-state index contributed by atoms with van der Waals surface area (Å²) in [6, 6.07) is 0. The Morgan fingerprint density at radius 3 is 3.00 bits per heavy atom. The number of carbonyl (C=O) groups excluding carboxylic acids is 1. The summed E-state index contributed by atoms with van der Waals surface area (Å²) in [5, 5.41) is 9.31. The Kier molecular flexibility index (Phi) is 3.43. The second-order valence-corrected chi connectivity index (χ2v) is 3.71. The molecule has 2 nitrogen and oxygen atoms in total. The molecular weight excluding hydrogens is 164 g/mol. The monoisotopic (exact) mass is 180 g/mol. The normalized spacial score (nSPS) is 22.5. The van der Waals surface area contributed by atoms with Crippen LogP contribution in [0.25, 0.3) is 0 Å². The van der Waals surface area contributed by atoms with Gasteiger partial charge in [0.15, 0.2) is 5.78 Å². The SMILES string of the molecule is CC(C)=CCC1=CC(O)CCC1=O. The van der Waals surface area contributed by atoms with Crippen LogP contribution in [-0.4, -0.2) is 17.0 Å². The molecule has 72 valence electrons. The molecule has 0 aliphatic heterocycles. The van der Waals surface area contributed by atoms with E-state index in [9.17, 15) is 9.90 Å². The lowest BCUT2D eigenvalue weighted by Crippen LogP contribution is -2.16. The van der Waals surface area contributed by atoms with Gasteiger partial charge in [0.25, 0.3) is 0 Å². The average Bonchev–Trinajstić information content (AvgIpc) is 2.06. The van der Waals surface area contributed by atoms with E-state index in [-0.39, 0.29) is 5.78 Å². The number of allylic oxidation sites excluding steroid dienone is 3. The Morgan fingerprint density at radius 1 is 1.69 bits per heavy atom. The Bertz CT molecular complexity index is 257. The first kappa shape index (κ1) is 10.2. The zero-order valence-electron chi connectivity index (χ0n) is 8.21. The van der Waals surface area contributed by atoms with E-state index in [2.05, 4.69) is 0 Å². The molecule has 2 heteroatoms. The van der Waals surface area contributed by atoms with Gasteiger partial charge in [-0.1, -0.05) is 11.6 Å². The van der Waals surface area contributed by atoms with Crippen molar-refractivity contribution >= 4 is 5.78 Å². The van der Waals surface area contributed by atoms with Gasteiger partial charge in [0.05, 0.1) is 6.10 Å². The molecule has 1 aliphatic carbocycles. The lowest BCUT2D eigenvalue weighted by Gasteiger charge is -2.14. The number of hydrogen-bond donors (Lipinski definition) is 1. The van der Waals surface area contributed by atoms with Crippen LogP contribution in [0.1, 0.15) is 33.1 Å². The predicted molar refractivity (Wildman–Crippen MR) is 52.4 cm³/mol. The van der Waals surface area contributed by atoms with Gasteiger partial charge in [-0.3, -0.25) is 4.79 Å². The molecule has 1 atom stereocenters. The van der Waals surface area contributed by atoms with Crippen LogP contribution in [0, 0.1) is 0 Å². The highest BCUT2D eigenvalue weighted by Gasteiger charge is 2.17. The summed E-state index contributed by atoms with van der Waals surface area (Å²) in [6.45, 7) is 4.01. The lowest BCUT2D eigenvalue weighted by atomic mass is 9.93. The number of carbonyl (C=O) groups is 1. The van der Waals surface area contributed by atoms with Crippen molar-refractivity contribution in [3.05, 3.63) is 23.3 Å². The third-order valence-corrected chi connectivity index (χ3v) is 2.15. The largest absolute Gasteiger partial charge is 0.389 e. The Balaban J connectivity index is 2.66. The van der Waals surface area contributed by atoms with Gasteiger partial charge in [-0.2, -0.15) is 0 Å². The summed E-state index contributed by atoms with van der Waals surface area (Å²) in [4.78, 5) is 11.3. The van der Waals surface area contributed by atoms with Crippen molar-refractivity contribution in [3.63, 3.8) is 0 Å². The number of Topliss-reactive ketones (excluding diaryl/α,β-unsaturated/α-hetero) is 1. The van der Waals surface area contributed by atoms with E-state index in [1.54, 1.807) is 6.08 Å². The van der Waals surface area contributed by atoms with Crippen LogP contribution in [0.2, 0.25) is 0 Å². The average molecular weight is 180 g/mol. The smallest absolute Gasteiger partial charge is 0.159 e. The Morgan fingerprint density at radius 2 is 2.38 bits per heavy atom. The van der Waals surface area contributed by atoms with Crippen molar-refractivity contribution in [1.29, 1.82) is 0 Å². The number of rotatable bonds is 2. The van der Waals surface area contributed by atoms with Crippen LogP contribution >= 0.6 is 0 Å². The molecule has 1 rings (SSSR count). The fraction of sp³-hybridized carbons (Fsp3) is 0.545. The molecule has 0 bridgehead atoms. The van der Waals surface area contributed by atoms with Crippen LogP contribution in [0.15, 0.2) is 23.3 Å². The quantitative estimate of drug-likeness (QED) is 0.660. The molecule has 13 heavy (non-hydrogen) atoms. The molecule has 0 spiro atoms. The van der Waals surface area contributed by atoms with Crippen LogP contribution in [-0.2, 0) is 4.79 Å². The van der Waals surface area contributed by atoms with Gasteiger partial charge in [-0.25, -0.2) is 0 Å². The maximum absolute atomic E-state index is 11.3. The highest BCUT2D eigenvalue weighted by molar-refractivity contribution is 5.96. The van der Waals surface area contributed by atoms with Crippen molar-refractivity contribution in [2.75, 3.05) is 0 Å². The second-order valence-electron chi connectivity index (χ2n) is 3.71. The number of hydrogen-bond acceptors (Lipinski definition) is 2. The van der Waals surface area contributed by atoms with Crippen molar-refractivity contribution in [1.82, 2.24) is 0 Å².